The van der Waals surface area contributed by atoms with Gasteiger partial charge in [0.1, 0.15) is 6.26 Å². The summed E-state index contributed by atoms with van der Waals surface area (Å²) in [6.45, 7) is 4.61. The Hall–Kier alpha value is -1.52. The molecule has 0 saturated heterocycles. The van der Waals surface area contributed by atoms with Crippen molar-refractivity contribution < 1.29 is 4.42 Å². The van der Waals surface area contributed by atoms with E-state index in [9.17, 15) is 0 Å². The van der Waals surface area contributed by atoms with E-state index in [-0.39, 0.29) is 0 Å². The highest BCUT2D eigenvalue weighted by Gasteiger charge is 2.09. The van der Waals surface area contributed by atoms with Gasteiger partial charge in [-0.25, -0.2) is 0 Å². The van der Waals surface area contributed by atoms with Crippen LogP contribution in [0, 0.1) is 0 Å². The maximum atomic E-state index is 5.88. The Bertz CT molecular complexity index is 524. The van der Waals surface area contributed by atoms with Gasteiger partial charge < -0.3 is 14.6 Å². The summed E-state index contributed by atoms with van der Waals surface area (Å²) in [5.74, 6) is 0. The summed E-state index contributed by atoms with van der Waals surface area (Å²) >= 11 is 5.88. The number of oxazole rings is 1. The van der Waals surface area contributed by atoms with Crippen LogP contribution in [0.1, 0.15) is 24.6 Å². The molecule has 0 saturated carbocycles. The number of aromatic nitrogens is 1. The standard InChI is InChI=1S/C15H20ClN3O/c1-3-8-17-9-14-11-20-15(18-14)19(2)10-12-4-6-13(16)7-5-12/h4-7,11,17H,3,8-10H2,1-2H3. The van der Waals surface area contributed by atoms with Gasteiger partial charge in [-0.3, -0.25) is 0 Å². The zero-order chi connectivity index (χ0) is 14.4. The van der Waals surface area contributed by atoms with Crippen LogP contribution in [-0.4, -0.2) is 18.6 Å². The van der Waals surface area contributed by atoms with Crippen LogP contribution in [0.3, 0.4) is 0 Å². The summed E-state index contributed by atoms with van der Waals surface area (Å²) in [5.41, 5.74) is 2.09. The van der Waals surface area contributed by atoms with Gasteiger partial charge in [0.2, 0.25) is 0 Å². The molecule has 20 heavy (non-hydrogen) atoms. The number of nitrogens with one attached hydrogen (secondary N) is 1. The molecule has 0 aliphatic carbocycles. The van der Waals surface area contributed by atoms with Crippen molar-refractivity contribution >= 4 is 17.6 Å². The van der Waals surface area contributed by atoms with Gasteiger partial charge in [-0.15, -0.1) is 0 Å². The molecule has 2 rings (SSSR count). The third kappa shape index (κ3) is 4.25. The van der Waals surface area contributed by atoms with E-state index in [1.807, 2.05) is 36.2 Å². The van der Waals surface area contributed by atoms with Crippen LogP contribution < -0.4 is 10.2 Å². The van der Waals surface area contributed by atoms with Crippen LogP contribution in [0.5, 0.6) is 0 Å². The SMILES string of the molecule is CCCNCc1coc(N(C)Cc2ccc(Cl)cc2)n1. The number of hydrogen-bond donors (Lipinski definition) is 1. The molecule has 0 radical (unpaired) electrons. The predicted molar refractivity (Wildman–Crippen MR) is 82.1 cm³/mol. The smallest absolute Gasteiger partial charge is 0.297 e. The van der Waals surface area contributed by atoms with Crippen LogP contribution in [0.4, 0.5) is 6.01 Å². The Morgan fingerprint density at radius 1 is 1.30 bits per heavy atom. The average molecular weight is 294 g/mol. The van der Waals surface area contributed by atoms with Crippen LogP contribution in [0.25, 0.3) is 0 Å². The minimum Gasteiger partial charge on any atom is -0.432 e. The van der Waals surface area contributed by atoms with Crippen LogP contribution in [-0.2, 0) is 13.1 Å². The fraction of sp³-hybridized carbons (Fsp3) is 0.400. The molecule has 0 aliphatic rings. The Balaban J connectivity index is 1.91. The predicted octanol–water partition coefficient (Wildman–Crippen LogP) is 3.46. The van der Waals surface area contributed by atoms with Gasteiger partial charge in [0, 0.05) is 25.2 Å². The van der Waals surface area contributed by atoms with E-state index in [0.717, 1.165) is 36.8 Å². The summed E-state index contributed by atoms with van der Waals surface area (Å²) < 4.78 is 5.50. The van der Waals surface area contributed by atoms with E-state index in [1.165, 1.54) is 5.56 Å². The zero-order valence-corrected chi connectivity index (χ0v) is 12.7. The summed E-state index contributed by atoms with van der Waals surface area (Å²) in [6.07, 6.45) is 2.82. The minimum atomic E-state index is 0.633. The fourth-order valence-corrected chi connectivity index (χ4v) is 2.00. The summed E-state index contributed by atoms with van der Waals surface area (Å²) in [6, 6.07) is 8.42. The Kier molecular flexibility index (Phi) is 5.44. The van der Waals surface area contributed by atoms with Crippen molar-refractivity contribution in [3.05, 3.63) is 46.8 Å². The molecule has 0 amide bonds. The van der Waals surface area contributed by atoms with E-state index in [1.54, 1.807) is 6.26 Å². The van der Waals surface area contributed by atoms with Crippen molar-refractivity contribution in [3.8, 4) is 0 Å². The van der Waals surface area contributed by atoms with Crippen molar-refractivity contribution in [2.45, 2.75) is 26.4 Å². The molecule has 1 aromatic carbocycles. The van der Waals surface area contributed by atoms with Crippen molar-refractivity contribution in [3.63, 3.8) is 0 Å². The number of benzene rings is 1. The molecule has 0 spiro atoms. The van der Waals surface area contributed by atoms with Crippen molar-refractivity contribution in [1.82, 2.24) is 10.3 Å². The summed E-state index contributed by atoms with van der Waals surface area (Å²) in [5, 5.41) is 4.05. The molecule has 1 heterocycles. The van der Waals surface area contributed by atoms with E-state index in [0.29, 0.717) is 6.01 Å². The molecule has 4 nitrogen and oxygen atoms in total. The highest BCUT2D eigenvalue weighted by molar-refractivity contribution is 6.30. The number of anilines is 1. The topological polar surface area (TPSA) is 41.3 Å². The molecule has 0 unspecified atom stereocenters. The summed E-state index contributed by atoms with van der Waals surface area (Å²) in [7, 11) is 1.96. The van der Waals surface area contributed by atoms with E-state index in [4.69, 9.17) is 16.0 Å². The van der Waals surface area contributed by atoms with Gasteiger partial charge in [-0.05, 0) is 30.7 Å². The second kappa shape index (κ2) is 7.31. The van der Waals surface area contributed by atoms with Gasteiger partial charge >= 0.3 is 0 Å². The molecule has 2 aromatic rings. The quantitative estimate of drug-likeness (QED) is 0.794. The minimum absolute atomic E-state index is 0.633. The summed E-state index contributed by atoms with van der Waals surface area (Å²) in [4.78, 5) is 6.45. The maximum Gasteiger partial charge on any atom is 0.297 e. The van der Waals surface area contributed by atoms with Crippen molar-refractivity contribution in [1.29, 1.82) is 0 Å². The van der Waals surface area contributed by atoms with Crippen LogP contribution >= 0.6 is 11.6 Å². The number of hydrogen-bond acceptors (Lipinski definition) is 4. The molecule has 1 aromatic heterocycles. The van der Waals surface area contributed by atoms with E-state index < -0.39 is 0 Å². The lowest BCUT2D eigenvalue weighted by Crippen LogP contribution is -2.17. The first-order chi connectivity index (χ1) is 9.69. The van der Waals surface area contributed by atoms with Gasteiger partial charge in [0.05, 0.1) is 5.69 Å². The first-order valence-corrected chi connectivity index (χ1v) is 7.17. The monoisotopic (exact) mass is 293 g/mol. The lowest BCUT2D eigenvalue weighted by Gasteiger charge is -2.14. The zero-order valence-electron chi connectivity index (χ0n) is 11.9. The van der Waals surface area contributed by atoms with Crippen LogP contribution in [0.2, 0.25) is 5.02 Å². The van der Waals surface area contributed by atoms with Gasteiger partial charge in [0.25, 0.3) is 6.01 Å². The van der Waals surface area contributed by atoms with Gasteiger partial charge in [0.15, 0.2) is 0 Å². The average Bonchev–Trinajstić information content (AvgIpc) is 2.91. The van der Waals surface area contributed by atoms with Crippen molar-refractivity contribution in [2.75, 3.05) is 18.5 Å². The highest BCUT2D eigenvalue weighted by Crippen LogP contribution is 2.16. The Morgan fingerprint density at radius 3 is 2.75 bits per heavy atom. The second-order valence-corrected chi connectivity index (χ2v) is 5.22. The maximum absolute atomic E-state index is 5.88. The first-order valence-electron chi connectivity index (χ1n) is 6.79. The molecule has 0 aliphatic heterocycles. The highest BCUT2D eigenvalue weighted by atomic mass is 35.5. The molecular weight excluding hydrogens is 274 g/mol. The fourth-order valence-electron chi connectivity index (χ4n) is 1.88. The Morgan fingerprint density at radius 2 is 2.05 bits per heavy atom. The third-order valence-electron chi connectivity index (χ3n) is 2.93. The molecule has 5 heteroatoms. The largest absolute Gasteiger partial charge is 0.432 e. The second-order valence-electron chi connectivity index (χ2n) is 4.78. The Labute approximate surface area is 124 Å². The van der Waals surface area contributed by atoms with E-state index in [2.05, 4.69) is 17.2 Å². The molecule has 1 N–H and O–H groups in total. The van der Waals surface area contributed by atoms with Crippen molar-refractivity contribution in [2.24, 2.45) is 0 Å². The molecule has 0 atom stereocenters. The number of halogens is 1. The molecule has 0 fully saturated rings. The number of nitrogens with zero attached hydrogens (tertiary/aromatic N) is 2. The lowest BCUT2D eigenvalue weighted by atomic mass is 10.2. The number of rotatable bonds is 7. The lowest BCUT2D eigenvalue weighted by molar-refractivity contribution is 0.542. The third-order valence-corrected chi connectivity index (χ3v) is 3.18. The van der Waals surface area contributed by atoms with Gasteiger partial charge in [-0.2, -0.15) is 4.98 Å². The molecular formula is C15H20ClN3O. The van der Waals surface area contributed by atoms with Crippen LogP contribution in [0.15, 0.2) is 34.9 Å². The molecule has 0 bridgehead atoms. The normalized spacial score (nSPS) is 10.8. The van der Waals surface area contributed by atoms with Gasteiger partial charge in [-0.1, -0.05) is 30.7 Å². The van der Waals surface area contributed by atoms with E-state index >= 15 is 0 Å². The first kappa shape index (κ1) is 14.9. The molecule has 108 valence electrons.